The largest absolute Gasteiger partial charge is 0.393 e. The van der Waals surface area contributed by atoms with Crippen LogP contribution in [0.4, 0.5) is 5.95 Å². The van der Waals surface area contributed by atoms with Gasteiger partial charge in [-0.2, -0.15) is 0 Å². The van der Waals surface area contributed by atoms with Crippen molar-refractivity contribution in [2.75, 3.05) is 18.0 Å². The van der Waals surface area contributed by atoms with Crippen molar-refractivity contribution >= 4 is 12.2 Å². The minimum absolute atomic E-state index is 0.282. The zero-order chi connectivity index (χ0) is 10.8. The lowest BCUT2D eigenvalue weighted by Gasteiger charge is -2.40. The van der Waals surface area contributed by atoms with Gasteiger partial charge in [-0.05, 0) is 6.92 Å². The molecule has 80 valence electrons. The topological polar surface area (TPSA) is 66.3 Å². The van der Waals surface area contributed by atoms with E-state index >= 15 is 0 Å². The van der Waals surface area contributed by atoms with Crippen molar-refractivity contribution in [1.82, 2.24) is 9.97 Å². The van der Waals surface area contributed by atoms with Crippen molar-refractivity contribution in [1.29, 1.82) is 0 Å². The van der Waals surface area contributed by atoms with Crippen LogP contribution in [0.3, 0.4) is 0 Å². The molecule has 1 unspecified atom stereocenters. The van der Waals surface area contributed by atoms with Gasteiger partial charge in [0.1, 0.15) is 0 Å². The summed E-state index contributed by atoms with van der Waals surface area (Å²) in [5.41, 5.74) is 0.478. The molecule has 5 nitrogen and oxygen atoms in total. The summed E-state index contributed by atoms with van der Waals surface area (Å²) in [6.07, 6.45) is 3.45. The van der Waals surface area contributed by atoms with Crippen molar-refractivity contribution in [2.45, 2.75) is 13.0 Å². The molecule has 1 saturated heterocycles. The number of anilines is 1. The van der Waals surface area contributed by atoms with Gasteiger partial charge in [0.05, 0.1) is 11.7 Å². The van der Waals surface area contributed by atoms with Crippen LogP contribution < -0.4 is 4.90 Å². The van der Waals surface area contributed by atoms with Gasteiger partial charge in [-0.15, -0.1) is 0 Å². The number of aromatic nitrogens is 2. The highest BCUT2D eigenvalue weighted by atomic mass is 16.3. The normalized spacial score (nSPS) is 18.4. The summed E-state index contributed by atoms with van der Waals surface area (Å²) in [7, 11) is 0. The second-order valence-electron chi connectivity index (χ2n) is 3.84. The molecule has 2 rings (SSSR count). The highest BCUT2D eigenvalue weighted by Crippen LogP contribution is 2.22. The second kappa shape index (κ2) is 3.94. The minimum atomic E-state index is -0.282. The van der Waals surface area contributed by atoms with Gasteiger partial charge >= 0.3 is 0 Å². The number of rotatable bonds is 3. The Morgan fingerprint density at radius 1 is 1.53 bits per heavy atom. The van der Waals surface area contributed by atoms with Crippen LogP contribution in [0.25, 0.3) is 0 Å². The van der Waals surface area contributed by atoms with Crippen LogP contribution in [0.15, 0.2) is 12.4 Å². The van der Waals surface area contributed by atoms with Gasteiger partial charge in [0.15, 0.2) is 6.29 Å². The maximum atomic E-state index is 10.4. The lowest BCUT2D eigenvalue weighted by molar-refractivity contribution is 0.107. The quantitative estimate of drug-likeness (QED) is 0.712. The van der Waals surface area contributed by atoms with Gasteiger partial charge in [0.2, 0.25) is 5.95 Å². The van der Waals surface area contributed by atoms with Gasteiger partial charge in [-0.25, -0.2) is 9.97 Å². The van der Waals surface area contributed by atoms with E-state index < -0.39 is 0 Å². The number of aliphatic hydroxyl groups excluding tert-OH is 1. The Morgan fingerprint density at radius 2 is 2.13 bits per heavy atom. The molecule has 1 fully saturated rings. The molecule has 0 radical (unpaired) electrons. The van der Waals surface area contributed by atoms with Crippen LogP contribution in [0, 0.1) is 5.92 Å². The molecule has 0 spiro atoms. The predicted octanol–water partition coefficient (Wildman–Crippen LogP) is 0.106. The zero-order valence-corrected chi connectivity index (χ0v) is 8.50. The minimum Gasteiger partial charge on any atom is -0.393 e. The van der Waals surface area contributed by atoms with E-state index in [4.69, 9.17) is 0 Å². The summed E-state index contributed by atoms with van der Waals surface area (Å²) in [6.45, 7) is 3.34. The Morgan fingerprint density at radius 3 is 2.60 bits per heavy atom. The van der Waals surface area contributed by atoms with Crippen LogP contribution >= 0.6 is 0 Å². The first-order valence-corrected chi connectivity index (χ1v) is 4.91. The molecule has 0 saturated carbocycles. The molecule has 0 aromatic carbocycles. The van der Waals surface area contributed by atoms with Gasteiger partial charge in [-0.1, -0.05) is 0 Å². The number of hydrogen-bond donors (Lipinski definition) is 1. The third kappa shape index (κ3) is 1.97. The van der Waals surface area contributed by atoms with Crippen molar-refractivity contribution in [3.8, 4) is 0 Å². The molecule has 5 heteroatoms. The van der Waals surface area contributed by atoms with Crippen LogP contribution in [-0.2, 0) is 0 Å². The number of hydrogen-bond acceptors (Lipinski definition) is 5. The first-order valence-electron chi connectivity index (χ1n) is 4.91. The standard InChI is InChI=1S/C10H13N3O2/c1-7(15)9-4-13(5-9)10-11-2-8(6-14)3-12-10/h2-3,6-7,9,15H,4-5H2,1H3. The number of aliphatic hydroxyl groups is 1. The second-order valence-corrected chi connectivity index (χ2v) is 3.84. The third-order valence-electron chi connectivity index (χ3n) is 2.67. The highest BCUT2D eigenvalue weighted by molar-refractivity contribution is 5.73. The molecule has 1 N–H and O–H groups in total. The summed E-state index contributed by atoms with van der Waals surface area (Å²) in [4.78, 5) is 20.5. The highest BCUT2D eigenvalue weighted by Gasteiger charge is 2.31. The zero-order valence-electron chi connectivity index (χ0n) is 8.50. The molecular formula is C10H13N3O2. The molecule has 0 bridgehead atoms. The Labute approximate surface area is 87.8 Å². The van der Waals surface area contributed by atoms with Crippen LogP contribution in [-0.4, -0.2) is 40.6 Å². The molecule has 1 aromatic rings. The molecule has 2 heterocycles. The van der Waals surface area contributed by atoms with E-state index in [0.717, 1.165) is 19.4 Å². The monoisotopic (exact) mass is 207 g/mol. The third-order valence-corrected chi connectivity index (χ3v) is 2.67. The number of carbonyl (C=O) groups excluding carboxylic acids is 1. The SMILES string of the molecule is CC(O)C1CN(c2ncc(C=O)cn2)C1. The first kappa shape index (κ1) is 10.0. The summed E-state index contributed by atoms with van der Waals surface area (Å²) in [6, 6.07) is 0. The van der Waals surface area contributed by atoms with Crippen molar-refractivity contribution in [3.63, 3.8) is 0 Å². The van der Waals surface area contributed by atoms with Gasteiger partial charge in [0, 0.05) is 31.4 Å². The van der Waals surface area contributed by atoms with Crippen LogP contribution in [0.2, 0.25) is 0 Å². The maximum absolute atomic E-state index is 10.4. The Hall–Kier alpha value is -1.49. The Balaban J connectivity index is 1.98. The average molecular weight is 207 g/mol. The lowest BCUT2D eigenvalue weighted by atomic mass is 9.95. The molecule has 15 heavy (non-hydrogen) atoms. The van der Waals surface area contributed by atoms with E-state index in [2.05, 4.69) is 9.97 Å². The van der Waals surface area contributed by atoms with Crippen LogP contribution in [0.1, 0.15) is 17.3 Å². The molecule has 0 amide bonds. The van der Waals surface area contributed by atoms with Crippen molar-refractivity contribution < 1.29 is 9.90 Å². The van der Waals surface area contributed by atoms with E-state index in [-0.39, 0.29) is 6.10 Å². The maximum Gasteiger partial charge on any atom is 0.225 e. The fourth-order valence-electron chi connectivity index (χ4n) is 1.54. The number of nitrogens with zero attached hydrogens (tertiary/aromatic N) is 3. The predicted molar refractivity (Wildman–Crippen MR) is 54.8 cm³/mol. The molecule has 1 aliphatic heterocycles. The fourth-order valence-corrected chi connectivity index (χ4v) is 1.54. The van der Waals surface area contributed by atoms with Gasteiger partial charge in [-0.3, -0.25) is 4.79 Å². The summed E-state index contributed by atoms with van der Waals surface area (Å²) in [5.74, 6) is 0.928. The summed E-state index contributed by atoms with van der Waals surface area (Å²) in [5, 5.41) is 9.31. The van der Waals surface area contributed by atoms with E-state index in [1.807, 2.05) is 4.90 Å². The molecular weight excluding hydrogens is 194 g/mol. The smallest absolute Gasteiger partial charge is 0.225 e. The van der Waals surface area contributed by atoms with Crippen molar-refractivity contribution in [2.24, 2.45) is 5.92 Å². The fraction of sp³-hybridized carbons (Fsp3) is 0.500. The van der Waals surface area contributed by atoms with Gasteiger partial charge < -0.3 is 10.0 Å². The van der Waals surface area contributed by atoms with E-state index in [1.165, 1.54) is 12.4 Å². The number of carbonyl (C=O) groups is 1. The van der Waals surface area contributed by atoms with Crippen LogP contribution in [0.5, 0.6) is 0 Å². The number of aldehydes is 1. The summed E-state index contributed by atoms with van der Waals surface area (Å²) < 4.78 is 0. The Kier molecular flexibility index (Phi) is 2.64. The molecule has 1 aliphatic rings. The molecule has 0 aliphatic carbocycles. The van der Waals surface area contributed by atoms with Gasteiger partial charge in [0.25, 0.3) is 0 Å². The molecule has 1 atom stereocenters. The Bertz CT molecular complexity index is 344. The molecule has 1 aromatic heterocycles. The van der Waals surface area contributed by atoms with E-state index in [9.17, 15) is 9.90 Å². The van der Waals surface area contributed by atoms with E-state index in [0.29, 0.717) is 17.4 Å². The first-order chi connectivity index (χ1) is 7.20. The van der Waals surface area contributed by atoms with Crippen molar-refractivity contribution in [3.05, 3.63) is 18.0 Å². The average Bonchev–Trinajstić information content (AvgIpc) is 2.16. The van der Waals surface area contributed by atoms with E-state index in [1.54, 1.807) is 6.92 Å². The lowest BCUT2D eigenvalue weighted by Crippen LogP contribution is -2.51. The summed E-state index contributed by atoms with van der Waals surface area (Å²) >= 11 is 0.